The SMILES string of the molecule is Cc1cccnc1NC(=O)C(=O)Nc1ccc2cn[nH]c2c1. The summed E-state index contributed by atoms with van der Waals surface area (Å²) in [5.74, 6) is -1.16. The number of H-pyrrole nitrogens is 1. The number of pyridine rings is 1. The van der Waals surface area contributed by atoms with Crippen LogP contribution in [0.25, 0.3) is 10.9 Å². The van der Waals surface area contributed by atoms with Gasteiger partial charge in [-0.25, -0.2) is 4.98 Å². The van der Waals surface area contributed by atoms with Crippen molar-refractivity contribution in [1.29, 1.82) is 0 Å². The molecule has 1 aromatic carbocycles. The van der Waals surface area contributed by atoms with E-state index in [1.54, 1.807) is 49.6 Å². The average molecular weight is 295 g/mol. The average Bonchev–Trinajstić information content (AvgIpc) is 2.97. The highest BCUT2D eigenvalue weighted by atomic mass is 16.2. The molecular formula is C15H13N5O2. The van der Waals surface area contributed by atoms with E-state index in [2.05, 4.69) is 25.8 Å². The first-order valence-corrected chi connectivity index (χ1v) is 6.60. The topological polar surface area (TPSA) is 99.8 Å². The van der Waals surface area contributed by atoms with Gasteiger partial charge < -0.3 is 10.6 Å². The van der Waals surface area contributed by atoms with Gasteiger partial charge in [-0.05, 0) is 36.8 Å². The monoisotopic (exact) mass is 295 g/mol. The van der Waals surface area contributed by atoms with Crippen molar-refractivity contribution >= 4 is 34.2 Å². The third-order valence-electron chi connectivity index (χ3n) is 3.15. The largest absolute Gasteiger partial charge is 0.318 e. The van der Waals surface area contributed by atoms with E-state index < -0.39 is 11.8 Å². The molecule has 0 spiro atoms. The molecule has 0 saturated heterocycles. The predicted octanol–water partition coefficient (Wildman–Crippen LogP) is 1.84. The van der Waals surface area contributed by atoms with E-state index in [1.807, 2.05) is 0 Å². The molecule has 110 valence electrons. The predicted molar refractivity (Wildman–Crippen MR) is 82.3 cm³/mol. The molecule has 3 N–H and O–H groups in total. The summed E-state index contributed by atoms with van der Waals surface area (Å²) in [6, 6.07) is 8.77. The summed E-state index contributed by atoms with van der Waals surface area (Å²) in [6.45, 7) is 1.80. The Kier molecular flexibility index (Phi) is 3.53. The second-order valence-corrected chi connectivity index (χ2v) is 4.75. The first-order chi connectivity index (χ1) is 10.6. The van der Waals surface area contributed by atoms with E-state index in [0.717, 1.165) is 16.5 Å². The molecule has 0 aliphatic rings. The number of amides is 2. The lowest BCUT2D eigenvalue weighted by atomic mass is 10.2. The summed E-state index contributed by atoms with van der Waals surface area (Å²) < 4.78 is 0. The van der Waals surface area contributed by atoms with Crippen LogP contribution in [-0.4, -0.2) is 27.0 Å². The maximum absolute atomic E-state index is 11.9. The van der Waals surface area contributed by atoms with Crippen LogP contribution >= 0.6 is 0 Å². The number of nitrogens with one attached hydrogen (secondary N) is 3. The molecule has 7 heteroatoms. The number of aromatic nitrogens is 3. The van der Waals surface area contributed by atoms with Crippen LogP contribution in [0.3, 0.4) is 0 Å². The fraction of sp³-hybridized carbons (Fsp3) is 0.0667. The normalized spacial score (nSPS) is 10.4. The molecule has 7 nitrogen and oxygen atoms in total. The molecule has 0 radical (unpaired) electrons. The van der Waals surface area contributed by atoms with Crippen molar-refractivity contribution in [2.45, 2.75) is 6.92 Å². The number of aryl methyl sites for hydroxylation is 1. The number of benzene rings is 1. The lowest BCUT2D eigenvalue weighted by Gasteiger charge is -2.07. The van der Waals surface area contributed by atoms with E-state index in [0.29, 0.717) is 11.5 Å². The second-order valence-electron chi connectivity index (χ2n) is 4.75. The standard InChI is InChI=1S/C15H13N5O2/c1-9-3-2-6-16-13(9)19-15(22)14(21)18-11-5-4-10-8-17-20-12(10)7-11/h2-8H,1H3,(H,17,20)(H,18,21)(H,16,19,22). The van der Waals surface area contributed by atoms with Crippen LogP contribution in [0.5, 0.6) is 0 Å². The zero-order valence-corrected chi connectivity index (χ0v) is 11.8. The van der Waals surface area contributed by atoms with Gasteiger partial charge >= 0.3 is 11.8 Å². The molecule has 0 bridgehead atoms. The Hall–Kier alpha value is -3.22. The lowest BCUT2D eigenvalue weighted by Crippen LogP contribution is -2.29. The van der Waals surface area contributed by atoms with Crippen molar-refractivity contribution in [2.24, 2.45) is 0 Å². The van der Waals surface area contributed by atoms with Crippen LogP contribution in [0.1, 0.15) is 5.56 Å². The molecule has 0 atom stereocenters. The van der Waals surface area contributed by atoms with E-state index in [1.165, 1.54) is 0 Å². The summed E-state index contributed by atoms with van der Waals surface area (Å²) in [5.41, 5.74) is 2.07. The molecule has 2 aromatic heterocycles. The highest BCUT2D eigenvalue weighted by Crippen LogP contribution is 2.16. The molecule has 3 aromatic rings. The van der Waals surface area contributed by atoms with Crippen LogP contribution in [-0.2, 0) is 9.59 Å². The summed E-state index contributed by atoms with van der Waals surface area (Å²) in [7, 11) is 0. The van der Waals surface area contributed by atoms with Crippen molar-refractivity contribution in [3.63, 3.8) is 0 Å². The highest BCUT2D eigenvalue weighted by Gasteiger charge is 2.15. The molecule has 0 aliphatic heterocycles. The number of carbonyl (C=O) groups is 2. The van der Waals surface area contributed by atoms with Gasteiger partial charge in [-0.2, -0.15) is 5.10 Å². The van der Waals surface area contributed by atoms with Crippen LogP contribution in [0.15, 0.2) is 42.7 Å². The third-order valence-corrected chi connectivity index (χ3v) is 3.15. The molecule has 0 unspecified atom stereocenters. The number of fused-ring (bicyclic) bond motifs is 1. The molecule has 22 heavy (non-hydrogen) atoms. The molecular weight excluding hydrogens is 282 g/mol. The summed E-state index contributed by atoms with van der Waals surface area (Å²) in [4.78, 5) is 27.8. The van der Waals surface area contributed by atoms with Gasteiger partial charge in [-0.3, -0.25) is 14.7 Å². The quantitative estimate of drug-likeness (QED) is 0.628. The van der Waals surface area contributed by atoms with Crippen molar-refractivity contribution in [3.8, 4) is 0 Å². The Bertz CT molecular complexity index is 856. The number of carbonyl (C=O) groups excluding carboxylic acids is 2. The van der Waals surface area contributed by atoms with Crippen LogP contribution in [0.2, 0.25) is 0 Å². The van der Waals surface area contributed by atoms with Gasteiger partial charge in [-0.1, -0.05) is 6.07 Å². The van der Waals surface area contributed by atoms with E-state index in [9.17, 15) is 9.59 Å². The van der Waals surface area contributed by atoms with Crippen LogP contribution in [0.4, 0.5) is 11.5 Å². The lowest BCUT2D eigenvalue weighted by molar-refractivity contribution is -0.133. The van der Waals surface area contributed by atoms with Gasteiger partial charge in [0.25, 0.3) is 0 Å². The third kappa shape index (κ3) is 2.78. The van der Waals surface area contributed by atoms with Crippen molar-refractivity contribution in [1.82, 2.24) is 15.2 Å². The molecule has 2 amide bonds. The minimum absolute atomic E-state index is 0.367. The van der Waals surface area contributed by atoms with Gasteiger partial charge in [0.15, 0.2) is 0 Å². The Morgan fingerprint density at radius 3 is 2.77 bits per heavy atom. The number of aromatic amines is 1. The fourth-order valence-corrected chi connectivity index (χ4v) is 1.98. The molecule has 0 fully saturated rings. The zero-order valence-electron chi connectivity index (χ0n) is 11.8. The van der Waals surface area contributed by atoms with Gasteiger partial charge in [0, 0.05) is 17.3 Å². The van der Waals surface area contributed by atoms with Gasteiger partial charge in [0.2, 0.25) is 0 Å². The minimum Gasteiger partial charge on any atom is -0.318 e. The number of rotatable bonds is 2. The minimum atomic E-state index is -0.772. The maximum Gasteiger partial charge on any atom is 0.315 e. The Morgan fingerprint density at radius 1 is 1.14 bits per heavy atom. The molecule has 0 saturated carbocycles. The summed E-state index contributed by atoms with van der Waals surface area (Å²) in [5, 5.41) is 12.6. The number of anilines is 2. The van der Waals surface area contributed by atoms with Crippen molar-refractivity contribution in [3.05, 3.63) is 48.3 Å². The number of hydrogen-bond donors (Lipinski definition) is 3. The number of hydrogen-bond acceptors (Lipinski definition) is 4. The Morgan fingerprint density at radius 2 is 1.95 bits per heavy atom. The Labute approximate surface area is 125 Å². The Balaban J connectivity index is 1.70. The van der Waals surface area contributed by atoms with E-state index >= 15 is 0 Å². The van der Waals surface area contributed by atoms with Gasteiger partial charge in [0.1, 0.15) is 5.82 Å². The smallest absolute Gasteiger partial charge is 0.315 e. The summed E-state index contributed by atoms with van der Waals surface area (Å²) >= 11 is 0. The van der Waals surface area contributed by atoms with Crippen LogP contribution in [0, 0.1) is 6.92 Å². The maximum atomic E-state index is 11.9. The zero-order chi connectivity index (χ0) is 15.5. The molecule has 0 aliphatic carbocycles. The first-order valence-electron chi connectivity index (χ1n) is 6.60. The summed E-state index contributed by atoms with van der Waals surface area (Å²) in [6.07, 6.45) is 3.23. The van der Waals surface area contributed by atoms with Crippen molar-refractivity contribution < 1.29 is 9.59 Å². The molecule has 3 rings (SSSR count). The van der Waals surface area contributed by atoms with E-state index in [4.69, 9.17) is 0 Å². The van der Waals surface area contributed by atoms with Crippen LogP contribution < -0.4 is 10.6 Å². The second kappa shape index (κ2) is 5.65. The van der Waals surface area contributed by atoms with Crippen molar-refractivity contribution in [2.75, 3.05) is 10.6 Å². The fourth-order valence-electron chi connectivity index (χ4n) is 1.98. The van der Waals surface area contributed by atoms with Gasteiger partial charge in [0.05, 0.1) is 11.7 Å². The molecule has 2 heterocycles. The highest BCUT2D eigenvalue weighted by molar-refractivity contribution is 6.43. The van der Waals surface area contributed by atoms with Gasteiger partial charge in [-0.15, -0.1) is 0 Å². The van der Waals surface area contributed by atoms with E-state index in [-0.39, 0.29) is 0 Å². The first kappa shape index (κ1) is 13.7. The number of nitrogens with zero attached hydrogens (tertiary/aromatic N) is 2.